The number of piperidine rings is 1. The van der Waals surface area contributed by atoms with Crippen LogP contribution in [-0.4, -0.2) is 47.6 Å². The van der Waals surface area contributed by atoms with E-state index in [1.54, 1.807) is 0 Å². The molecule has 0 bridgehead atoms. The van der Waals surface area contributed by atoms with Crippen LogP contribution in [0.1, 0.15) is 26.7 Å². The van der Waals surface area contributed by atoms with Crippen LogP contribution in [0.2, 0.25) is 0 Å². The number of nitrogens with zero attached hydrogens (tertiary/aromatic N) is 1. The minimum absolute atomic E-state index is 0.000000000000000222. The molecule has 0 saturated carbocycles. The second-order valence-electron chi connectivity index (χ2n) is 4.50. The molecular weight excluding hydrogens is 208 g/mol. The molecule has 0 radical (unpaired) electrons. The predicted octanol–water partition coefficient (Wildman–Crippen LogP) is 0.308. The summed E-state index contributed by atoms with van der Waals surface area (Å²) in [7, 11) is 0. The lowest BCUT2D eigenvalue weighted by molar-refractivity contribution is -0.139. The number of carbonyl (C=O) groups is 2. The van der Waals surface area contributed by atoms with Crippen molar-refractivity contribution in [3.63, 3.8) is 0 Å². The van der Waals surface area contributed by atoms with Crippen molar-refractivity contribution < 1.29 is 14.7 Å². The van der Waals surface area contributed by atoms with Gasteiger partial charge < -0.3 is 10.0 Å². The predicted molar refractivity (Wildman–Crippen MR) is 60.1 cm³/mol. The van der Waals surface area contributed by atoms with Crippen molar-refractivity contribution in [2.45, 2.75) is 32.7 Å². The summed E-state index contributed by atoms with van der Waals surface area (Å²) >= 11 is 0. The van der Waals surface area contributed by atoms with Gasteiger partial charge in [0, 0.05) is 13.1 Å². The van der Waals surface area contributed by atoms with Crippen molar-refractivity contribution in [1.82, 2.24) is 10.2 Å². The lowest BCUT2D eigenvalue weighted by Crippen LogP contribution is -2.45. The first-order valence-electron chi connectivity index (χ1n) is 5.74. The van der Waals surface area contributed by atoms with Crippen molar-refractivity contribution in [2.24, 2.45) is 5.92 Å². The quantitative estimate of drug-likeness (QED) is 0.726. The first kappa shape index (κ1) is 13.0. The molecule has 1 amide bonds. The Hall–Kier alpha value is -1.10. The van der Waals surface area contributed by atoms with Crippen molar-refractivity contribution in [1.29, 1.82) is 0 Å². The van der Waals surface area contributed by atoms with E-state index in [2.05, 4.69) is 12.2 Å². The largest absolute Gasteiger partial charge is 0.480 e. The van der Waals surface area contributed by atoms with Crippen LogP contribution in [0.15, 0.2) is 0 Å². The van der Waals surface area contributed by atoms with Gasteiger partial charge in [-0.1, -0.05) is 6.92 Å². The number of hydrogen-bond acceptors (Lipinski definition) is 3. The summed E-state index contributed by atoms with van der Waals surface area (Å²) in [6, 6.07) is -0.673. The van der Waals surface area contributed by atoms with E-state index in [9.17, 15) is 9.59 Å². The molecule has 92 valence electrons. The van der Waals surface area contributed by atoms with Gasteiger partial charge in [-0.2, -0.15) is 0 Å². The van der Waals surface area contributed by atoms with Crippen LogP contribution < -0.4 is 5.32 Å². The average molecular weight is 228 g/mol. The fourth-order valence-corrected chi connectivity index (χ4v) is 1.70. The van der Waals surface area contributed by atoms with Gasteiger partial charge in [0.05, 0.1) is 6.54 Å². The van der Waals surface area contributed by atoms with Crippen LogP contribution in [-0.2, 0) is 9.59 Å². The Balaban J connectivity index is 2.27. The summed E-state index contributed by atoms with van der Waals surface area (Å²) in [6.45, 7) is 5.43. The zero-order chi connectivity index (χ0) is 12.1. The van der Waals surface area contributed by atoms with Gasteiger partial charge in [0.2, 0.25) is 5.91 Å². The molecule has 1 atom stereocenters. The Morgan fingerprint density at radius 1 is 1.44 bits per heavy atom. The summed E-state index contributed by atoms with van der Waals surface area (Å²) < 4.78 is 0. The molecule has 0 aliphatic carbocycles. The molecule has 16 heavy (non-hydrogen) atoms. The molecule has 1 rings (SSSR count). The Morgan fingerprint density at radius 3 is 2.50 bits per heavy atom. The third-order valence-corrected chi connectivity index (χ3v) is 3.07. The summed E-state index contributed by atoms with van der Waals surface area (Å²) in [5.74, 6) is -0.241. The fraction of sp³-hybridized carbons (Fsp3) is 0.818. The highest BCUT2D eigenvalue weighted by Crippen LogP contribution is 2.15. The van der Waals surface area contributed by atoms with Crippen molar-refractivity contribution in [3.05, 3.63) is 0 Å². The zero-order valence-corrected chi connectivity index (χ0v) is 9.90. The highest BCUT2D eigenvalue weighted by atomic mass is 16.4. The number of carbonyl (C=O) groups excluding carboxylic acids is 1. The molecule has 0 aromatic rings. The highest BCUT2D eigenvalue weighted by Gasteiger charge is 2.21. The van der Waals surface area contributed by atoms with Gasteiger partial charge in [-0.3, -0.25) is 14.9 Å². The van der Waals surface area contributed by atoms with Crippen molar-refractivity contribution in [3.8, 4) is 0 Å². The highest BCUT2D eigenvalue weighted by molar-refractivity contribution is 5.80. The maximum Gasteiger partial charge on any atom is 0.320 e. The SMILES string of the molecule is CC1CCN(C(=O)CN[C@H](C)C(=O)O)CC1. The van der Waals surface area contributed by atoms with Crippen LogP contribution in [0.3, 0.4) is 0 Å². The van der Waals surface area contributed by atoms with Gasteiger partial charge >= 0.3 is 5.97 Å². The molecule has 1 fully saturated rings. The maximum absolute atomic E-state index is 11.7. The molecule has 1 heterocycles. The van der Waals surface area contributed by atoms with E-state index in [1.165, 1.54) is 6.92 Å². The molecule has 0 aromatic carbocycles. The van der Waals surface area contributed by atoms with Crippen LogP contribution in [0.5, 0.6) is 0 Å². The summed E-state index contributed by atoms with van der Waals surface area (Å²) in [5.41, 5.74) is 0. The molecule has 1 aliphatic heterocycles. The molecule has 0 spiro atoms. The molecule has 1 saturated heterocycles. The van der Waals surface area contributed by atoms with E-state index < -0.39 is 12.0 Å². The first-order valence-corrected chi connectivity index (χ1v) is 5.74. The Morgan fingerprint density at radius 2 is 2.00 bits per heavy atom. The smallest absolute Gasteiger partial charge is 0.320 e. The van der Waals surface area contributed by atoms with Crippen molar-refractivity contribution in [2.75, 3.05) is 19.6 Å². The fourth-order valence-electron chi connectivity index (χ4n) is 1.70. The van der Waals surface area contributed by atoms with E-state index in [0.29, 0.717) is 5.92 Å². The van der Waals surface area contributed by atoms with E-state index in [-0.39, 0.29) is 12.5 Å². The number of carboxylic acid groups (broad SMARTS) is 1. The summed E-state index contributed by atoms with van der Waals surface area (Å²) in [4.78, 5) is 24.1. The number of hydrogen-bond donors (Lipinski definition) is 2. The lowest BCUT2D eigenvalue weighted by Gasteiger charge is -2.30. The summed E-state index contributed by atoms with van der Waals surface area (Å²) in [6.07, 6.45) is 2.08. The Bertz CT molecular complexity index is 260. The van der Waals surface area contributed by atoms with Gasteiger partial charge in [0.25, 0.3) is 0 Å². The zero-order valence-electron chi connectivity index (χ0n) is 9.90. The van der Waals surface area contributed by atoms with Crippen LogP contribution in [0, 0.1) is 5.92 Å². The van der Waals surface area contributed by atoms with E-state index in [0.717, 1.165) is 25.9 Å². The lowest BCUT2D eigenvalue weighted by atomic mass is 9.99. The second-order valence-corrected chi connectivity index (χ2v) is 4.50. The van der Waals surface area contributed by atoms with Gasteiger partial charge in [-0.25, -0.2) is 0 Å². The minimum atomic E-state index is -0.930. The van der Waals surface area contributed by atoms with Gasteiger partial charge in [0.1, 0.15) is 6.04 Å². The van der Waals surface area contributed by atoms with Crippen LogP contribution in [0.25, 0.3) is 0 Å². The number of likely N-dealkylation sites (tertiary alicyclic amines) is 1. The number of aliphatic carboxylic acids is 1. The normalized spacial score (nSPS) is 19.5. The van der Waals surface area contributed by atoms with Crippen LogP contribution in [0.4, 0.5) is 0 Å². The molecule has 0 unspecified atom stereocenters. The molecular formula is C11H20N2O3. The second kappa shape index (κ2) is 5.84. The standard InChI is InChI=1S/C11H20N2O3/c1-8-3-5-13(6-4-8)10(14)7-12-9(2)11(15)16/h8-9,12H,3-7H2,1-2H3,(H,15,16)/t9-/m1/s1. The number of carboxylic acids is 1. The number of amides is 1. The minimum Gasteiger partial charge on any atom is -0.480 e. The van der Waals surface area contributed by atoms with Crippen LogP contribution >= 0.6 is 0 Å². The third kappa shape index (κ3) is 3.81. The van der Waals surface area contributed by atoms with Crippen molar-refractivity contribution >= 4 is 11.9 Å². The first-order chi connectivity index (χ1) is 7.50. The topological polar surface area (TPSA) is 69.6 Å². The molecule has 1 aliphatic rings. The monoisotopic (exact) mass is 228 g/mol. The van der Waals surface area contributed by atoms with Gasteiger partial charge in [-0.15, -0.1) is 0 Å². The molecule has 5 heteroatoms. The van der Waals surface area contributed by atoms with E-state index in [1.807, 2.05) is 4.90 Å². The Labute approximate surface area is 95.8 Å². The molecule has 0 aromatic heterocycles. The van der Waals surface area contributed by atoms with E-state index in [4.69, 9.17) is 5.11 Å². The summed E-state index contributed by atoms with van der Waals surface area (Å²) in [5, 5.41) is 11.4. The van der Waals surface area contributed by atoms with Gasteiger partial charge in [-0.05, 0) is 25.7 Å². The maximum atomic E-state index is 11.7. The number of rotatable bonds is 4. The Kier molecular flexibility index (Phi) is 4.73. The average Bonchev–Trinajstić information content (AvgIpc) is 2.26. The number of nitrogens with one attached hydrogen (secondary N) is 1. The molecule has 2 N–H and O–H groups in total. The third-order valence-electron chi connectivity index (χ3n) is 3.07. The molecule has 5 nitrogen and oxygen atoms in total. The van der Waals surface area contributed by atoms with E-state index >= 15 is 0 Å². The van der Waals surface area contributed by atoms with Gasteiger partial charge in [0.15, 0.2) is 0 Å².